The number of carbonyl (C=O) groups excluding carboxylic acids is 4. The van der Waals surface area contributed by atoms with Gasteiger partial charge in [-0.3, -0.25) is 19.2 Å². The molecule has 0 spiro atoms. The van der Waals surface area contributed by atoms with Crippen molar-refractivity contribution in [2.24, 2.45) is 11.5 Å². The Morgan fingerprint density at radius 3 is 2.25 bits per heavy atom. The van der Waals surface area contributed by atoms with Crippen molar-refractivity contribution >= 4 is 23.6 Å². The fourth-order valence-corrected chi connectivity index (χ4v) is 5.31. The van der Waals surface area contributed by atoms with Gasteiger partial charge in [0.15, 0.2) is 0 Å². The fourth-order valence-electron chi connectivity index (χ4n) is 5.31. The van der Waals surface area contributed by atoms with Gasteiger partial charge in [0, 0.05) is 19.4 Å². The highest BCUT2D eigenvalue weighted by Gasteiger charge is 2.51. The van der Waals surface area contributed by atoms with Gasteiger partial charge in [0.05, 0.1) is 12.6 Å². The highest BCUT2D eigenvalue weighted by atomic mass is 19.3. The summed E-state index contributed by atoms with van der Waals surface area (Å²) in [6.45, 7) is -0.694. The van der Waals surface area contributed by atoms with Crippen molar-refractivity contribution in [3.8, 4) is 5.75 Å². The van der Waals surface area contributed by atoms with Crippen LogP contribution in [0.4, 0.5) is 8.78 Å². The molecule has 2 aliphatic heterocycles. The minimum atomic E-state index is -3.29. The number of likely N-dealkylation sites (tertiary alicyclic amines) is 2. The number of nitrogens with one attached hydrogen (secondary N) is 1. The lowest BCUT2D eigenvalue weighted by Gasteiger charge is -2.30. The summed E-state index contributed by atoms with van der Waals surface area (Å²) in [7, 11) is 0. The van der Waals surface area contributed by atoms with Crippen molar-refractivity contribution in [2.75, 3.05) is 13.1 Å². The molecule has 214 valence electrons. The third kappa shape index (κ3) is 6.74. The number of phenolic OH excluding ortho intramolecular Hbond substituents is 1. The first-order valence-corrected chi connectivity index (χ1v) is 13.1. The summed E-state index contributed by atoms with van der Waals surface area (Å²) >= 11 is 0. The highest BCUT2D eigenvalue weighted by molar-refractivity contribution is 5.95. The molecule has 0 aliphatic carbocycles. The van der Waals surface area contributed by atoms with Crippen LogP contribution in [0.2, 0.25) is 0 Å². The molecule has 0 bridgehead atoms. The summed E-state index contributed by atoms with van der Waals surface area (Å²) in [5, 5.41) is 12.1. The van der Waals surface area contributed by atoms with Crippen LogP contribution in [0.25, 0.3) is 0 Å². The van der Waals surface area contributed by atoms with Crippen LogP contribution in [0.5, 0.6) is 5.75 Å². The van der Waals surface area contributed by atoms with Crippen molar-refractivity contribution in [3.63, 3.8) is 0 Å². The van der Waals surface area contributed by atoms with Crippen LogP contribution in [0.15, 0.2) is 54.6 Å². The normalized spacial score (nSPS) is 21.6. The molecular formula is C28H33F2N5O5. The number of alkyl halides is 2. The standard InChI is InChI=1S/C28H33F2N5O5/c29-28(30)15-23(24(32)37)35(16-28)27(40)21(14-17-5-2-1-3-6-17)33-25(38)22-7-4-12-34(22)26(39)20(31)13-18-8-10-19(36)11-9-18/h1-3,5-6,8-11,20-23,36H,4,7,12-16,31H2,(H2,32,37)(H,33,38)/t20-,21-,22-,23+/m0/s1. The van der Waals surface area contributed by atoms with Crippen LogP contribution in [0.3, 0.4) is 0 Å². The van der Waals surface area contributed by atoms with Gasteiger partial charge in [-0.25, -0.2) is 8.78 Å². The van der Waals surface area contributed by atoms with Crippen LogP contribution in [-0.4, -0.2) is 81.7 Å². The Labute approximate surface area is 230 Å². The number of phenols is 1. The molecule has 0 radical (unpaired) electrons. The Hall–Kier alpha value is -4.06. The molecule has 6 N–H and O–H groups in total. The molecule has 4 rings (SSSR count). The van der Waals surface area contributed by atoms with Crippen molar-refractivity contribution in [2.45, 2.75) is 62.2 Å². The quantitative estimate of drug-likeness (QED) is 0.355. The van der Waals surface area contributed by atoms with E-state index in [-0.39, 0.29) is 18.6 Å². The SMILES string of the molecule is NC(=O)[C@H]1CC(F)(F)CN1C(=O)[C@H](Cc1ccccc1)NC(=O)[C@@H]1CCCN1C(=O)[C@@H](N)Cc1ccc(O)cc1. The van der Waals surface area contributed by atoms with E-state index < -0.39 is 66.7 Å². The van der Waals surface area contributed by atoms with E-state index in [1.807, 2.05) is 0 Å². The zero-order chi connectivity index (χ0) is 29.0. The third-order valence-corrected chi connectivity index (χ3v) is 7.33. The number of amides is 4. The lowest BCUT2D eigenvalue weighted by molar-refractivity contribution is -0.143. The summed E-state index contributed by atoms with van der Waals surface area (Å²) in [4.78, 5) is 54.2. The Bertz CT molecular complexity index is 1240. The molecule has 2 aromatic rings. The Balaban J connectivity index is 1.50. The fraction of sp³-hybridized carbons (Fsp3) is 0.429. The van der Waals surface area contributed by atoms with Gasteiger partial charge in [-0.2, -0.15) is 0 Å². The average molecular weight is 558 g/mol. The van der Waals surface area contributed by atoms with Crippen LogP contribution in [0.1, 0.15) is 30.4 Å². The van der Waals surface area contributed by atoms with Crippen molar-refractivity contribution in [3.05, 3.63) is 65.7 Å². The number of primary amides is 1. The third-order valence-electron chi connectivity index (χ3n) is 7.33. The number of hydrogen-bond donors (Lipinski definition) is 4. The van der Waals surface area contributed by atoms with E-state index in [0.717, 1.165) is 10.5 Å². The molecule has 10 nitrogen and oxygen atoms in total. The molecular weight excluding hydrogens is 524 g/mol. The van der Waals surface area contributed by atoms with Gasteiger partial charge in [-0.05, 0) is 42.5 Å². The van der Waals surface area contributed by atoms with Gasteiger partial charge in [-0.1, -0.05) is 42.5 Å². The molecule has 4 amide bonds. The number of carbonyl (C=O) groups is 4. The minimum Gasteiger partial charge on any atom is -0.508 e. The number of benzene rings is 2. The number of aromatic hydroxyl groups is 1. The number of nitrogens with two attached hydrogens (primary N) is 2. The monoisotopic (exact) mass is 557 g/mol. The van der Waals surface area contributed by atoms with Crippen molar-refractivity contribution in [1.82, 2.24) is 15.1 Å². The molecule has 2 aromatic carbocycles. The van der Waals surface area contributed by atoms with E-state index in [0.29, 0.717) is 24.9 Å². The molecule has 2 saturated heterocycles. The van der Waals surface area contributed by atoms with Gasteiger partial charge in [-0.15, -0.1) is 0 Å². The van der Waals surface area contributed by atoms with E-state index in [1.54, 1.807) is 42.5 Å². The summed E-state index contributed by atoms with van der Waals surface area (Å²) in [6.07, 6.45) is 0.164. The van der Waals surface area contributed by atoms with E-state index in [2.05, 4.69) is 5.32 Å². The molecule has 0 saturated carbocycles. The second-order valence-electron chi connectivity index (χ2n) is 10.4. The molecule has 4 atom stereocenters. The smallest absolute Gasteiger partial charge is 0.267 e. The Kier molecular flexibility index (Phi) is 8.67. The second-order valence-corrected chi connectivity index (χ2v) is 10.4. The average Bonchev–Trinajstić information content (AvgIpc) is 3.54. The molecule has 0 aromatic heterocycles. The first-order valence-electron chi connectivity index (χ1n) is 13.1. The van der Waals surface area contributed by atoms with E-state index in [1.165, 1.54) is 17.0 Å². The van der Waals surface area contributed by atoms with Crippen LogP contribution in [0, 0.1) is 0 Å². The molecule has 2 heterocycles. The van der Waals surface area contributed by atoms with Crippen molar-refractivity contribution < 1.29 is 33.1 Å². The lowest BCUT2D eigenvalue weighted by Crippen LogP contribution is -2.57. The first-order chi connectivity index (χ1) is 18.9. The van der Waals surface area contributed by atoms with Gasteiger partial charge in [0.2, 0.25) is 23.6 Å². The highest BCUT2D eigenvalue weighted by Crippen LogP contribution is 2.32. The molecule has 2 aliphatic rings. The predicted molar refractivity (Wildman–Crippen MR) is 141 cm³/mol. The van der Waals surface area contributed by atoms with Gasteiger partial charge in [0.25, 0.3) is 5.92 Å². The Morgan fingerprint density at radius 2 is 1.60 bits per heavy atom. The summed E-state index contributed by atoms with van der Waals surface area (Å²) in [5.41, 5.74) is 12.9. The van der Waals surface area contributed by atoms with Gasteiger partial charge >= 0.3 is 0 Å². The van der Waals surface area contributed by atoms with Crippen LogP contribution >= 0.6 is 0 Å². The maximum absolute atomic E-state index is 14.2. The lowest BCUT2D eigenvalue weighted by atomic mass is 10.0. The van der Waals surface area contributed by atoms with Gasteiger partial charge in [0.1, 0.15) is 23.9 Å². The van der Waals surface area contributed by atoms with E-state index in [4.69, 9.17) is 11.5 Å². The summed E-state index contributed by atoms with van der Waals surface area (Å²) in [6, 6.07) is 10.4. The van der Waals surface area contributed by atoms with Crippen LogP contribution in [-0.2, 0) is 32.0 Å². The maximum Gasteiger partial charge on any atom is 0.267 e. The van der Waals surface area contributed by atoms with E-state index in [9.17, 15) is 33.1 Å². The van der Waals surface area contributed by atoms with E-state index >= 15 is 0 Å². The van der Waals surface area contributed by atoms with Crippen LogP contribution < -0.4 is 16.8 Å². The predicted octanol–water partition coefficient (Wildman–Crippen LogP) is 0.702. The van der Waals surface area contributed by atoms with Gasteiger partial charge < -0.3 is 31.7 Å². The zero-order valence-electron chi connectivity index (χ0n) is 21.8. The Morgan fingerprint density at radius 1 is 0.950 bits per heavy atom. The number of rotatable bonds is 9. The zero-order valence-corrected chi connectivity index (χ0v) is 21.8. The number of nitrogens with zero attached hydrogens (tertiary/aromatic N) is 2. The maximum atomic E-state index is 14.2. The second kappa shape index (κ2) is 12.0. The summed E-state index contributed by atoms with van der Waals surface area (Å²) < 4.78 is 28.4. The van der Waals surface area contributed by atoms with Crippen molar-refractivity contribution in [1.29, 1.82) is 0 Å². The molecule has 0 unspecified atom stereocenters. The first kappa shape index (κ1) is 28.9. The topological polar surface area (TPSA) is 159 Å². The molecule has 40 heavy (non-hydrogen) atoms. The molecule has 2 fully saturated rings. The number of hydrogen-bond acceptors (Lipinski definition) is 6. The summed E-state index contributed by atoms with van der Waals surface area (Å²) in [5.74, 6) is -6.16. The minimum absolute atomic E-state index is 0.0139. The largest absolute Gasteiger partial charge is 0.508 e. The number of halogens is 2. The molecule has 12 heteroatoms.